The Bertz CT molecular complexity index is 1650. The van der Waals surface area contributed by atoms with Crippen molar-refractivity contribution in [3.8, 4) is 11.4 Å². The van der Waals surface area contributed by atoms with Crippen LogP contribution in [0.5, 0.6) is 5.75 Å². The molecule has 40 heavy (non-hydrogen) atoms. The first-order valence-corrected chi connectivity index (χ1v) is 13.6. The van der Waals surface area contributed by atoms with Crippen molar-refractivity contribution < 1.29 is 9.53 Å². The van der Waals surface area contributed by atoms with E-state index in [1.54, 1.807) is 7.11 Å². The molecule has 5 aromatic rings. The number of carbonyl (C=O) groups is 1. The molecule has 8 nitrogen and oxygen atoms in total. The molecular formula is C32H32N6O2. The van der Waals surface area contributed by atoms with Gasteiger partial charge in [0, 0.05) is 32.6 Å². The largest absolute Gasteiger partial charge is 0.496 e. The molecule has 0 atom stereocenters. The number of amides is 1. The van der Waals surface area contributed by atoms with Gasteiger partial charge in [-0.3, -0.25) is 4.79 Å². The summed E-state index contributed by atoms with van der Waals surface area (Å²) < 4.78 is 7.34. The van der Waals surface area contributed by atoms with Crippen molar-refractivity contribution >= 4 is 22.8 Å². The molecule has 1 amide bonds. The molecule has 0 unspecified atom stereocenters. The Kier molecular flexibility index (Phi) is 6.90. The average molecular weight is 533 g/mol. The van der Waals surface area contributed by atoms with E-state index in [1.807, 2.05) is 71.1 Å². The van der Waals surface area contributed by atoms with E-state index in [0.29, 0.717) is 43.9 Å². The number of hydrogen-bond donors (Lipinski definition) is 0. The third kappa shape index (κ3) is 4.88. The molecule has 0 N–H and O–H groups in total. The molecule has 202 valence electrons. The minimum atomic E-state index is -0.0157. The van der Waals surface area contributed by atoms with Gasteiger partial charge in [0.05, 0.1) is 29.4 Å². The van der Waals surface area contributed by atoms with E-state index in [2.05, 4.69) is 36.1 Å². The first-order valence-electron chi connectivity index (χ1n) is 13.6. The highest BCUT2D eigenvalue weighted by atomic mass is 16.5. The molecule has 3 heterocycles. The maximum Gasteiger partial charge on any atom is 0.257 e. The second-order valence-corrected chi connectivity index (χ2v) is 10.1. The second-order valence-electron chi connectivity index (χ2n) is 10.1. The zero-order valence-corrected chi connectivity index (χ0v) is 23.0. The number of rotatable bonds is 6. The van der Waals surface area contributed by atoms with E-state index in [0.717, 1.165) is 39.6 Å². The predicted octanol–water partition coefficient (Wildman–Crippen LogP) is 4.99. The number of aromatic nitrogens is 4. The quantitative estimate of drug-likeness (QED) is 0.307. The van der Waals surface area contributed by atoms with Gasteiger partial charge in [0.1, 0.15) is 17.4 Å². The zero-order valence-electron chi connectivity index (χ0n) is 23.0. The van der Waals surface area contributed by atoms with Crippen molar-refractivity contribution in [3.63, 3.8) is 0 Å². The second kappa shape index (κ2) is 10.8. The summed E-state index contributed by atoms with van der Waals surface area (Å²) >= 11 is 0. The van der Waals surface area contributed by atoms with Gasteiger partial charge in [-0.25, -0.2) is 14.6 Å². The van der Waals surface area contributed by atoms with Crippen LogP contribution < -0.4 is 9.64 Å². The third-order valence-electron chi connectivity index (χ3n) is 7.42. The minimum Gasteiger partial charge on any atom is -0.496 e. The molecule has 1 aliphatic rings. The summed E-state index contributed by atoms with van der Waals surface area (Å²) in [5.74, 6) is 2.20. The summed E-state index contributed by atoms with van der Waals surface area (Å²) in [6, 6.07) is 26.0. The SMILES string of the molecule is COc1ccccc1C(=O)N1CCN(c2nc(Cc3ccc(C)cc3)nc3c2c(C)nn3-c2ccccc2)CC1. The molecule has 2 aromatic heterocycles. The van der Waals surface area contributed by atoms with Crippen LogP contribution >= 0.6 is 0 Å². The van der Waals surface area contributed by atoms with E-state index >= 15 is 0 Å². The van der Waals surface area contributed by atoms with Gasteiger partial charge in [0.15, 0.2) is 5.65 Å². The summed E-state index contributed by atoms with van der Waals surface area (Å²) in [4.78, 5) is 27.6. The van der Waals surface area contributed by atoms with E-state index < -0.39 is 0 Å². The summed E-state index contributed by atoms with van der Waals surface area (Å²) in [7, 11) is 1.59. The van der Waals surface area contributed by atoms with Crippen LogP contribution in [0.4, 0.5) is 5.82 Å². The van der Waals surface area contributed by atoms with E-state index in [4.69, 9.17) is 19.8 Å². The number of carbonyl (C=O) groups excluding carboxylic acids is 1. The highest BCUT2D eigenvalue weighted by molar-refractivity contribution is 5.97. The van der Waals surface area contributed by atoms with E-state index in [-0.39, 0.29) is 5.91 Å². The first-order chi connectivity index (χ1) is 19.5. The van der Waals surface area contributed by atoms with Gasteiger partial charge < -0.3 is 14.5 Å². The van der Waals surface area contributed by atoms with Crippen molar-refractivity contribution in [2.75, 3.05) is 38.2 Å². The number of piperazine rings is 1. The van der Waals surface area contributed by atoms with Crippen molar-refractivity contribution in [3.05, 3.63) is 107 Å². The van der Waals surface area contributed by atoms with Gasteiger partial charge in [-0.1, -0.05) is 60.2 Å². The maximum absolute atomic E-state index is 13.3. The summed E-state index contributed by atoms with van der Waals surface area (Å²) in [5.41, 5.74) is 5.60. The number of hydrogen-bond acceptors (Lipinski definition) is 6. The highest BCUT2D eigenvalue weighted by Crippen LogP contribution is 2.31. The molecule has 1 fully saturated rings. The molecule has 0 radical (unpaired) electrons. The third-order valence-corrected chi connectivity index (χ3v) is 7.42. The molecule has 0 aliphatic carbocycles. The number of fused-ring (bicyclic) bond motifs is 1. The monoisotopic (exact) mass is 532 g/mol. The van der Waals surface area contributed by atoms with Crippen LogP contribution in [0.2, 0.25) is 0 Å². The summed E-state index contributed by atoms with van der Waals surface area (Å²) in [6.45, 7) is 6.59. The Hall–Kier alpha value is -4.72. The molecule has 0 saturated carbocycles. The smallest absolute Gasteiger partial charge is 0.257 e. The molecule has 0 bridgehead atoms. The number of methoxy groups -OCH3 is 1. The van der Waals surface area contributed by atoms with Gasteiger partial charge in [0.25, 0.3) is 5.91 Å². The van der Waals surface area contributed by atoms with E-state index in [9.17, 15) is 4.79 Å². The Morgan fingerprint density at radius 2 is 1.55 bits per heavy atom. The lowest BCUT2D eigenvalue weighted by atomic mass is 10.1. The van der Waals surface area contributed by atoms with Gasteiger partial charge >= 0.3 is 0 Å². The van der Waals surface area contributed by atoms with Crippen molar-refractivity contribution in [1.29, 1.82) is 0 Å². The van der Waals surface area contributed by atoms with Crippen LogP contribution in [0.25, 0.3) is 16.7 Å². The van der Waals surface area contributed by atoms with Crippen molar-refractivity contribution in [1.82, 2.24) is 24.6 Å². The standard InChI is InChI=1S/C32H32N6O2/c1-22-13-15-24(16-14-22)21-28-33-30(29-23(2)35-38(31(29)34-28)25-9-5-4-6-10-25)36-17-19-37(20-18-36)32(39)26-11-7-8-12-27(26)40-3/h4-16H,17-21H2,1-3H3. The lowest BCUT2D eigenvalue weighted by Gasteiger charge is -2.36. The topological polar surface area (TPSA) is 76.4 Å². The number of benzene rings is 3. The van der Waals surface area contributed by atoms with Crippen LogP contribution in [0.3, 0.4) is 0 Å². The van der Waals surface area contributed by atoms with Crippen LogP contribution in [-0.2, 0) is 6.42 Å². The Morgan fingerprint density at radius 1 is 0.850 bits per heavy atom. The molecule has 6 rings (SSSR count). The van der Waals surface area contributed by atoms with Crippen molar-refractivity contribution in [2.45, 2.75) is 20.3 Å². The van der Waals surface area contributed by atoms with Gasteiger partial charge in [0.2, 0.25) is 0 Å². The predicted molar refractivity (Wildman–Crippen MR) is 156 cm³/mol. The van der Waals surface area contributed by atoms with Crippen LogP contribution in [0.1, 0.15) is 33.0 Å². The Morgan fingerprint density at radius 3 is 2.27 bits per heavy atom. The highest BCUT2D eigenvalue weighted by Gasteiger charge is 2.28. The Labute approximate surface area is 233 Å². The molecular weight excluding hydrogens is 500 g/mol. The van der Waals surface area contributed by atoms with E-state index in [1.165, 1.54) is 5.56 Å². The fraction of sp³-hybridized carbons (Fsp3) is 0.250. The van der Waals surface area contributed by atoms with Gasteiger partial charge in [-0.2, -0.15) is 5.10 Å². The number of anilines is 1. The van der Waals surface area contributed by atoms with Gasteiger partial charge in [-0.05, 0) is 43.7 Å². The van der Waals surface area contributed by atoms with Crippen molar-refractivity contribution in [2.24, 2.45) is 0 Å². The molecule has 1 aliphatic heterocycles. The van der Waals surface area contributed by atoms with Crippen LogP contribution in [0, 0.1) is 13.8 Å². The summed E-state index contributed by atoms with van der Waals surface area (Å²) in [6.07, 6.45) is 0.620. The lowest BCUT2D eigenvalue weighted by Crippen LogP contribution is -2.49. The number of aryl methyl sites for hydroxylation is 2. The zero-order chi connectivity index (χ0) is 27.6. The normalized spacial score (nSPS) is 13.6. The first kappa shape index (κ1) is 25.6. The number of ether oxygens (including phenoxy) is 1. The fourth-order valence-electron chi connectivity index (χ4n) is 5.26. The fourth-order valence-corrected chi connectivity index (χ4v) is 5.26. The molecule has 3 aromatic carbocycles. The average Bonchev–Trinajstić information content (AvgIpc) is 3.34. The lowest BCUT2D eigenvalue weighted by molar-refractivity contribution is 0.0743. The minimum absolute atomic E-state index is 0.0157. The van der Waals surface area contributed by atoms with Crippen LogP contribution in [0.15, 0.2) is 78.9 Å². The summed E-state index contributed by atoms with van der Waals surface area (Å²) in [5, 5.41) is 5.83. The maximum atomic E-state index is 13.3. The number of para-hydroxylation sites is 2. The van der Waals surface area contributed by atoms with Gasteiger partial charge in [-0.15, -0.1) is 0 Å². The van der Waals surface area contributed by atoms with Crippen LogP contribution in [-0.4, -0.2) is 63.8 Å². The number of nitrogens with zero attached hydrogens (tertiary/aromatic N) is 6. The Balaban J connectivity index is 1.35. The molecule has 0 spiro atoms. The molecule has 8 heteroatoms. The molecule has 1 saturated heterocycles.